The summed E-state index contributed by atoms with van der Waals surface area (Å²) in [5.41, 5.74) is -0.484. The predicted molar refractivity (Wildman–Crippen MR) is 58.3 cm³/mol. The smallest absolute Gasteiger partial charge is 0.307 e. The lowest BCUT2D eigenvalue weighted by Gasteiger charge is -2.62. The molecule has 4 rings (SSSR count). The minimum Gasteiger partial charge on any atom is -0.307 e. The molecule has 1 aromatic carbocycles. The monoisotopic (exact) mass is 259 g/mol. The molecule has 3 aliphatic rings. The zero-order valence-electron chi connectivity index (χ0n) is 9.65. The van der Waals surface area contributed by atoms with E-state index in [2.05, 4.69) is 5.32 Å². The Bertz CT molecular complexity index is 463. The minimum atomic E-state index is -4.49. The van der Waals surface area contributed by atoms with E-state index in [9.17, 15) is 17.6 Å². The van der Waals surface area contributed by atoms with E-state index < -0.39 is 17.6 Å². The van der Waals surface area contributed by atoms with Crippen LogP contribution < -0.4 is 5.32 Å². The number of rotatable bonds is 3. The van der Waals surface area contributed by atoms with Crippen molar-refractivity contribution in [1.29, 1.82) is 0 Å². The number of hydrogen-bond acceptors (Lipinski definition) is 1. The van der Waals surface area contributed by atoms with E-state index >= 15 is 0 Å². The van der Waals surface area contributed by atoms with Crippen LogP contribution >= 0.6 is 0 Å². The van der Waals surface area contributed by atoms with Gasteiger partial charge in [0.05, 0.1) is 5.56 Å². The molecule has 1 N–H and O–H groups in total. The number of halogens is 4. The number of hydrogen-bond donors (Lipinski definition) is 1. The highest BCUT2D eigenvalue weighted by Crippen LogP contribution is 2.57. The summed E-state index contributed by atoms with van der Waals surface area (Å²) < 4.78 is 50.6. The van der Waals surface area contributed by atoms with Crippen molar-refractivity contribution in [2.75, 3.05) is 0 Å². The van der Waals surface area contributed by atoms with Gasteiger partial charge in [-0.25, -0.2) is 4.39 Å². The Balaban J connectivity index is 1.68. The molecule has 0 radical (unpaired) electrons. The maximum atomic E-state index is 13.6. The molecule has 18 heavy (non-hydrogen) atoms. The molecule has 98 valence electrons. The van der Waals surface area contributed by atoms with Gasteiger partial charge < -0.3 is 5.32 Å². The predicted octanol–water partition coefficient (Wildman–Crippen LogP) is 3.49. The van der Waals surface area contributed by atoms with Crippen LogP contribution in [0.4, 0.5) is 17.6 Å². The van der Waals surface area contributed by atoms with Gasteiger partial charge in [-0.05, 0) is 37.3 Å². The van der Waals surface area contributed by atoms with Crippen molar-refractivity contribution in [1.82, 2.24) is 5.32 Å². The first-order valence-electron chi connectivity index (χ1n) is 5.99. The fourth-order valence-electron chi connectivity index (χ4n) is 2.84. The summed E-state index contributed by atoms with van der Waals surface area (Å²) in [6.07, 6.45) is -1.12. The zero-order valence-corrected chi connectivity index (χ0v) is 9.65. The van der Waals surface area contributed by atoms with Gasteiger partial charge in [0, 0.05) is 17.6 Å². The van der Waals surface area contributed by atoms with Crippen molar-refractivity contribution in [2.24, 2.45) is 5.92 Å². The quantitative estimate of drug-likeness (QED) is 0.819. The molecule has 0 atom stereocenters. The molecule has 0 saturated heterocycles. The average Bonchev–Trinajstić information content (AvgIpc) is 2.14. The van der Waals surface area contributed by atoms with Crippen LogP contribution in [0.2, 0.25) is 0 Å². The Morgan fingerprint density at radius 3 is 2.33 bits per heavy atom. The van der Waals surface area contributed by atoms with E-state index in [4.69, 9.17) is 0 Å². The molecule has 0 aromatic heterocycles. The molecule has 5 heteroatoms. The molecule has 3 saturated carbocycles. The van der Waals surface area contributed by atoms with Gasteiger partial charge in [-0.1, -0.05) is 6.07 Å². The van der Waals surface area contributed by atoms with E-state index in [0.717, 1.165) is 31.2 Å². The third-order valence-electron chi connectivity index (χ3n) is 4.07. The van der Waals surface area contributed by atoms with E-state index in [1.165, 1.54) is 6.07 Å². The van der Waals surface area contributed by atoms with Gasteiger partial charge in [-0.15, -0.1) is 0 Å². The lowest BCUT2D eigenvalue weighted by atomic mass is 9.50. The highest BCUT2D eigenvalue weighted by Gasteiger charge is 2.56. The zero-order chi connectivity index (χ0) is 13.0. The van der Waals surface area contributed by atoms with Crippen LogP contribution in [0.5, 0.6) is 0 Å². The molecule has 0 heterocycles. The minimum absolute atomic E-state index is 0.153. The lowest BCUT2D eigenvalue weighted by Crippen LogP contribution is -2.66. The summed E-state index contributed by atoms with van der Waals surface area (Å²) in [4.78, 5) is 0. The molecule has 2 bridgehead atoms. The molecule has 3 fully saturated rings. The van der Waals surface area contributed by atoms with Crippen molar-refractivity contribution in [3.05, 3.63) is 35.1 Å². The van der Waals surface area contributed by atoms with Crippen LogP contribution in [0.1, 0.15) is 30.4 Å². The van der Waals surface area contributed by atoms with Crippen molar-refractivity contribution in [2.45, 2.75) is 37.5 Å². The highest BCUT2D eigenvalue weighted by atomic mass is 19.4. The Morgan fingerprint density at radius 1 is 1.22 bits per heavy atom. The maximum absolute atomic E-state index is 13.6. The first-order chi connectivity index (χ1) is 8.38. The van der Waals surface area contributed by atoms with Gasteiger partial charge in [0.1, 0.15) is 5.82 Å². The fraction of sp³-hybridized carbons (Fsp3) is 0.538. The summed E-state index contributed by atoms with van der Waals surface area (Å²) in [6.45, 7) is 0.302. The third kappa shape index (κ3) is 1.90. The van der Waals surface area contributed by atoms with E-state index in [-0.39, 0.29) is 5.54 Å². The number of alkyl halides is 3. The Kier molecular flexibility index (Phi) is 2.46. The van der Waals surface area contributed by atoms with Crippen LogP contribution in [0.25, 0.3) is 0 Å². The average molecular weight is 259 g/mol. The lowest BCUT2D eigenvalue weighted by molar-refractivity contribution is -0.137. The van der Waals surface area contributed by atoms with Crippen molar-refractivity contribution < 1.29 is 17.6 Å². The Hall–Kier alpha value is -1.10. The first kappa shape index (κ1) is 12.0. The molecular formula is C13H13F4N. The summed E-state index contributed by atoms with van der Waals surface area (Å²) in [5, 5.41) is 3.26. The SMILES string of the molecule is Fc1cc(C(F)(F)F)ccc1CNC12CC(C1)C2. The third-order valence-corrected chi connectivity index (χ3v) is 4.07. The second kappa shape index (κ2) is 3.70. The molecule has 0 aliphatic heterocycles. The van der Waals surface area contributed by atoms with Gasteiger partial charge in [-0.2, -0.15) is 13.2 Å². The fourth-order valence-corrected chi connectivity index (χ4v) is 2.84. The molecular weight excluding hydrogens is 246 g/mol. The van der Waals surface area contributed by atoms with Crippen molar-refractivity contribution in [3.8, 4) is 0 Å². The molecule has 0 unspecified atom stereocenters. The van der Waals surface area contributed by atoms with Crippen molar-refractivity contribution >= 4 is 0 Å². The molecule has 1 aromatic rings. The van der Waals surface area contributed by atoms with E-state index in [1.807, 2.05) is 0 Å². The topological polar surface area (TPSA) is 12.0 Å². The normalized spacial score (nSPS) is 29.7. The molecule has 1 nitrogen and oxygen atoms in total. The highest BCUT2D eigenvalue weighted by molar-refractivity contribution is 5.27. The number of nitrogens with one attached hydrogen (secondary N) is 1. The van der Waals surface area contributed by atoms with E-state index in [0.29, 0.717) is 18.2 Å². The van der Waals surface area contributed by atoms with Crippen LogP contribution in [-0.2, 0) is 12.7 Å². The second-order valence-corrected chi connectivity index (χ2v) is 5.42. The van der Waals surface area contributed by atoms with Gasteiger partial charge in [-0.3, -0.25) is 0 Å². The molecule has 3 aliphatic carbocycles. The Morgan fingerprint density at radius 2 is 1.89 bits per heavy atom. The van der Waals surface area contributed by atoms with E-state index in [1.54, 1.807) is 0 Å². The maximum Gasteiger partial charge on any atom is 0.416 e. The number of benzene rings is 1. The summed E-state index contributed by atoms with van der Waals surface area (Å²) in [7, 11) is 0. The van der Waals surface area contributed by atoms with Crippen LogP contribution in [0.15, 0.2) is 18.2 Å². The van der Waals surface area contributed by atoms with Gasteiger partial charge in [0.25, 0.3) is 0 Å². The van der Waals surface area contributed by atoms with Crippen LogP contribution in [0, 0.1) is 11.7 Å². The summed E-state index contributed by atoms with van der Waals surface area (Å²) in [5.74, 6) is 0.0267. The standard InChI is InChI=1S/C13H13F4N/c14-11-3-10(13(15,16)17)2-1-9(11)7-18-12-4-8(5-12)6-12/h1-3,8,18H,4-7H2. The molecule has 0 amide bonds. The van der Waals surface area contributed by atoms with Crippen LogP contribution in [-0.4, -0.2) is 5.54 Å². The first-order valence-corrected chi connectivity index (χ1v) is 5.99. The van der Waals surface area contributed by atoms with Gasteiger partial charge in [0.2, 0.25) is 0 Å². The summed E-state index contributed by atoms with van der Waals surface area (Å²) in [6, 6.07) is 2.72. The van der Waals surface area contributed by atoms with Gasteiger partial charge in [0.15, 0.2) is 0 Å². The largest absolute Gasteiger partial charge is 0.416 e. The Labute approximate surface area is 102 Å². The van der Waals surface area contributed by atoms with Crippen LogP contribution in [0.3, 0.4) is 0 Å². The van der Waals surface area contributed by atoms with Gasteiger partial charge >= 0.3 is 6.18 Å². The molecule has 0 spiro atoms. The summed E-state index contributed by atoms with van der Waals surface area (Å²) >= 11 is 0. The van der Waals surface area contributed by atoms with Crippen molar-refractivity contribution in [3.63, 3.8) is 0 Å². The second-order valence-electron chi connectivity index (χ2n) is 5.42.